The van der Waals surface area contributed by atoms with Gasteiger partial charge in [0.15, 0.2) is 11.5 Å². The number of carbonyl (C=O) groups is 1. The summed E-state index contributed by atoms with van der Waals surface area (Å²) in [4.78, 5) is 32.2. The molecule has 2 aromatic heterocycles. The van der Waals surface area contributed by atoms with Crippen molar-refractivity contribution in [1.82, 2.24) is 19.7 Å². The fraction of sp³-hybridized carbons (Fsp3) is 0.364. The number of aryl methyl sites for hydroxylation is 1. The Morgan fingerprint density at radius 1 is 1.06 bits per heavy atom. The summed E-state index contributed by atoms with van der Waals surface area (Å²) in [5.74, 6) is 1.62. The molecule has 0 aliphatic rings. The molecule has 0 aliphatic carbocycles. The van der Waals surface area contributed by atoms with E-state index < -0.39 is 6.03 Å². The Balaban J connectivity index is 1.94. The molecule has 0 saturated heterocycles. The number of nitrogens with one attached hydrogen (secondary N) is 3. The Hall–Kier alpha value is -3.82. The summed E-state index contributed by atoms with van der Waals surface area (Å²) >= 11 is 0. The first-order valence-electron chi connectivity index (χ1n) is 10.0. The number of aromatic nitrogens is 4. The fourth-order valence-corrected chi connectivity index (χ4v) is 2.92. The summed E-state index contributed by atoms with van der Waals surface area (Å²) in [6.07, 6.45) is 0. The number of aromatic amines is 1. The van der Waals surface area contributed by atoms with Crippen LogP contribution in [0.4, 0.5) is 16.3 Å². The molecule has 10 nitrogen and oxygen atoms in total. The van der Waals surface area contributed by atoms with Gasteiger partial charge in [-0.25, -0.2) is 9.78 Å². The minimum absolute atomic E-state index is 0.218. The van der Waals surface area contributed by atoms with E-state index in [1.807, 2.05) is 20.8 Å². The van der Waals surface area contributed by atoms with Gasteiger partial charge in [0.05, 0.1) is 19.9 Å². The number of H-pyrrole nitrogens is 1. The highest BCUT2D eigenvalue weighted by Crippen LogP contribution is 2.30. The second-order valence-electron chi connectivity index (χ2n) is 8.33. The maximum atomic E-state index is 12.7. The van der Waals surface area contributed by atoms with E-state index in [-0.39, 0.29) is 16.9 Å². The lowest BCUT2D eigenvalue weighted by Crippen LogP contribution is -2.23. The van der Waals surface area contributed by atoms with Gasteiger partial charge in [-0.15, -0.1) is 0 Å². The number of rotatable bonds is 5. The second kappa shape index (κ2) is 8.74. The van der Waals surface area contributed by atoms with Crippen molar-refractivity contribution in [2.75, 3.05) is 24.9 Å². The molecule has 1 aromatic carbocycles. The molecule has 0 radical (unpaired) electrons. The Kier molecular flexibility index (Phi) is 6.24. The Labute approximate surface area is 186 Å². The van der Waals surface area contributed by atoms with Crippen molar-refractivity contribution in [3.05, 3.63) is 51.6 Å². The Bertz CT molecular complexity index is 1210. The molecule has 2 heterocycles. The number of urea groups is 1. The van der Waals surface area contributed by atoms with E-state index in [0.29, 0.717) is 34.3 Å². The van der Waals surface area contributed by atoms with Gasteiger partial charge in [0.25, 0.3) is 5.56 Å². The van der Waals surface area contributed by atoms with Gasteiger partial charge in [0, 0.05) is 34.5 Å². The largest absolute Gasteiger partial charge is 0.493 e. The molecule has 3 aromatic rings. The minimum Gasteiger partial charge on any atom is -0.493 e. The fourth-order valence-electron chi connectivity index (χ4n) is 2.92. The lowest BCUT2D eigenvalue weighted by molar-refractivity contribution is 0.262. The minimum atomic E-state index is -0.495. The number of hydrogen-bond donors (Lipinski definition) is 3. The van der Waals surface area contributed by atoms with Gasteiger partial charge in [0.2, 0.25) is 5.95 Å². The Morgan fingerprint density at radius 3 is 2.34 bits per heavy atom. The molecule has 32 heavy (non-hydrogen) atoms. The van der Waals surface area contributed by atoms with Gasteiger partial charge in [-0.05, 0) is 26.0 Å². The van der Waals surface area contributed by atoms with Crippen LogP contribution in [-0.2, 0) is 5.41 Å². The topological polar surface area (TPSA) is 123 Å². The van der Waals surface area contributed by atoms with Crippen molar-refractivity contribution in [3.63, 3.8) is 0 Å². The number of nitrogens with zero attached hydrogens (tertiary/aromatic N) is 3. The molecule has 3 N–H and O–H groups in total. The van der Waals surface area contributed by atoms with Crippen LogP contribution in [0.3, 0.4) is 0 Å². The highest BCUT2D eigenvalue weighted by Gasteiger charge is 2.23. The molecule has 3 rings (SSSR count). The summed E-state index contributed by atoms with van der Waals surface area (Å²) in [6, 6.07) is 6.30. The predicted molar refractivity (Wildman–Crippen MR) is 122 cm³/mol. The van der Waals surface area contributed by atoms with Crippen LogP contribution in [0.2, 0.25) is 0 Å². The standard InChI is InChI=1S/C22H28N6O4/c1-12-13(2)23-20(26-19(12)29)28-18(11-17(27-28)22(3,4)5)25-21(30)24-14-8-9-15(31-6)16(10-14)32-7/h8-11H,1-7H3,(H,23,26,29)(H2,24,25,30). The van der Waals surface area contributed by atoms with E-state index in [1.54, 1.807) is 38.1 Å². The molecule has 2 amide bonds. The summed E-state index contributed by atoms with van der Waals surface area (Å²) in [5.41, 5.74) is 1.79. The zero-order chi connectivity index (χ0) is 23.6. The van der Waals surface area contributed by atoms with E-state index in [9.17, 15) is 9.59 Å². The van der Waals surface area contributed by atoms with Crippen molar-refractivity contribution in [1.29, 1.82) is 0 Å². The summed E-state index contributed by atoms with van der Waals surface area (Å²) in [7, 11) is 3.06. The molecule has 0 saturated carbocycles. The van der Waals surface area contributed by atoms with Crippen molar-refractivity contribution in [3.8, 4) is 17.4 Å². The van der Waals surface area contributed by atoms with Crippen molar-refractivity contribution in [2.24, 2.45) is 0 Å². The van der Waals surface area contributed by atoms with E-state index >= 15 is 0 Å². The van der Waals surface area contributed by atoms with Crippen LogP contribution in [0, 0.1) is 13.8 Å². The SMILES string of the molecule is COc1ccc(NC(=O)Nc2cc(C(C)(C)C)nn2-c2nc(C)c(C)c(=O)[nH]2)cc1OC. The number of methoxy groups -OCH3 is 2. The molecule has 0 aliphatic heterocycles. The zero-order valence-corrected chi connectivity index (χ0v) is 19.3. The monoisotopic (exact) mass is 440 g/mol. The quantitative estimate of drug-likeness (QED) is 0.558. The molecular weight excluding hydrogens is 412 g/mol. The first kappa shape index (κ1) is 22.9. The Morgan fingerprint density at radius 2 is 1.75 bits per heavy atom. The van der Waals surface area contributed by atoms with Crippen molar-refractivity contribution >= 4 is 17.5 Å². The predicted octanol–water partition coefficient (Wildman–Crippen LogP) is 3.53. The number of amides is 2. The van der Waals surface area contributed by atoms with Gasteiger partial charge >= 0.3 is 6.03 Å². The molecule has 0 fully saturated rings. The first-order chi connectivity index (χ1) is 15.0. The molecule has 10 heteroatoms. The number of anilines is 2. The molecule has 0 spiro atoms. The van der Waals surface area contributed by atoms with E-state index in [1.165, 1.54) is 18.9 Å². The van der Waals surface area contributed by atoms with Crippen LogP contribution in [0.5, 0.6) is 11.5 Å². The van der Waals surface area contributed by atoms with Crippen LogP contribution >= 0.6 is 0 Å². The summed E-state index contributed by atoms with van der Waals surface area (Å²) in [6.45, 7) is 9.46. The third-order valence-electron chi connectivity index (χ3n) is 4.94. The summed E-state index contributed by atoms with van der Waals surface area (Å²) < 4.78 is 11.9. The normalized spacial score (nSPS) is 11.2. The second-order valence-corrected chi connectivity index (χ2v) is 8.33. The number of hydrogen-bond acceptors (Lipinski definition) is 6. The van der Waals surface area contributed by atoms with Crippen molar-refractivity contribution < 1.29 is 14.3 Å². The smallest absolute Gasteiger partial charge is 0.324 e. The van der Waals surface area contributed by atoms with Gasteiger partial charge in [0.1, 0.15) is 5.82 Å². The first-order valence-corrected chi connectivity index (χ1v) is 10.0. The van der Waals surface area contributed by atoms with Crippen LogP contribution in [0.25, 0.3) is 5.95 Å². The molecular formula is C22H28N6O4. The number of carbonyl (C=O) groups excluding carboxylic acids is 1. The van der Waals surface area contributed by atoms with Crippen LogP contribution in [-0.4, -0.2) is 40.0 Å². The number of ether oxygens (including phenoxy) is 2. The van der Waals surface area contributed by atoms with Crippen molar-refractivity contribution in [2.45, 2.75) is 40.0 Å². The van der Waals surface area contributed by atoms with Gasteiger partial charge in [-0.3, -0.25) is 15.1 Å². The third-order valence-corrected chi connectivity index (χ3v) is 4.94. The highest BCUT2D eigenvalue weighted by atomic mass is 16.5. The maximum absolute atomic E-state index is 12.7. The maximum Gasteiger partial charge on any atom is 0.324 e. The zero-order valence-electron chi connectivity index (χ0n) is 19.3. The summed E-state index contributed by atoms with van der Waals surface area (Å²) in [5, 5.41) is 10.1. The van der Waals surface area contributed by atoms with Gasteiger partial charge in [-0.1, -0.05) is 20.8 Å². The molecule has 0 atom stereocenters. The highest BCUT2D eigenvalue weighted by molar-refractivity contribution is 5.99. The van der Waals surface area contributed by atoms with Crippen LogP contribution in [0.1, 0.15) is 37.7 Å². The average Bonchev–Trinajstić information content (AvgIpc) is 3.15. The van der Waals surface area contributed by atoms with Gasteiger partial charge in [-0.2, -0.15) is 9.78 Å². The van der Waals surface area contributed by atoms with E-state index in [4.69, 9.17) is 9.47 Å². The number of benzene rings is 1. The van der Waals surface area contributed by atoms with E-state index in [0.717, 1.165) is 5.69 Å². The molecule has 0 unspecified atom stereocenters. The molecule has 0 bridgehead atoms. The van der Waals surface area contributed by atoms with Gasteiger partial charge < -0.3 is 14.8 Å². The third kappa shape index (κ3) is 4.74. The van der Waals surface area contributed by atoms with E-state index in [2.05, 4.69) is 25.7 Å². The lowest BCUT2D eigenvalue weighted by Gasteiger charge is -2.14. The average molecular weight is 441 g/mol. The molecule has 170 valence electrons. The van der Waals surface area contributed by atoms with Crippen LogP contribution in [0.15, 0.2) is 29.1 Å². The lowest BCUT2D eigenvalue weighted by atomic mass is 9.92. The van der Waals surface area contributed by atoms with Crippen LogP contribution < -0.4 is 25.7 Å².